The minimum absolute atomic E-state index is 0.00293. The van der Waals surface area contributed by atoms with Crippen molar-refractivity contribution < 1.29 is 17.6 Å². The predicted octanol–water partition coefficient (Wildman–Crippen LogP) is 2.43. The van der Waals surface area contributed by atoms with Gasteiger partial charge in [-0.25, -0.2) is 17.8 Å². The van der Waals surface area contributed by atoms with Crippen LogP contribution in [0.1, 0.15) is 48.0 Å². The van der Waals surface area contributed by atoms with Crippen LogP contribution in [0.5, 0.6) is 0 Å². The van der Waals surface area contributed by atoms with Crippen LogP contribution in [0.15, 0.2) is 35.5 Å². The van der Waals surface area contributed by atoms with Gasteiger partial charge in [0, 0.05) is 17.4 Å². The molecule has 0 unspecified atom stereocenters. The van der Waals surface area contributed by atoms with Crippen LogP contribution in [0.4, 0.5) is 10.1 Å². The molecular formula is C21H22FN5O3S. The van der Waals surface area contributed by atoms with E-state index in [-0.39, 0.29) is 22.8 Å². The number of nitrogens with two attached hydrogens (primary N) is 1. The second kappa shape index (κ2) is 7.42. The Morgan fingerprint density at radius 3 is 2.55 bits per heavy atom. The van der Waals surface area contributed by atoms with Crippen molar-refractivity contribution in [1.29, 1.82) is 5.26 Å². The zero-order chi connectivity index (χ0) is 23.2. The molecule has 10 heteroatoms. The van der Waals surface area contributed by atoms with Gasteiger partial charge in [-0.05, 0) is 57.5 Å². The molecule has 0 spiro atoms. The van der Waals surface area contributed by atoms with Crippen LogP contribution in [0.3, 0.4) is 0 Å². The number of carbonyl (C=O) groups excluding carboxylic acids is 1. The van der Waals surface area contributed by atoms with Crippen LogP contribution < -0.4 is 11.1 Å². The molecule has 0 bridgehead atoms. The molecule has 3 rings (SSSR count). The van der Waals surface area contributed by atoms with Gasteiger partial charge in [-0.1, -0.05) is 0 Å². The number of aliphatic imine (C=N–C) groups is 1. The van der Waals surface area contributed by atoms with Crippen LogP contribution in [-0.4, -0.2) is 35.6 Å². The maximum atomic E-state index is 14.7. The number of nitrogens with zero attached hydrogens (tertiary/aromatic N) is 3. The summed E-state index contributed by atoms with van der Waals surface area (Å²) < 4.78 is 38.9. The Morgan fingerprint density at radius 2 is 1.97 bits per heavy atom. The van der Waals surface area contributed by atoms with Gasteiger partial charge >= 0.3 is 0 Å². The molecule has 0 saturated heterocycles. The van der Waals surface area contributed by atoms with Gasteiger partial charge in [-0.3, -0.25) is 9.79 Å². The molecule has 1 aromatic heterocycles. The number of aromatic nitrogens is 1. The Kier molecular flexibility index (Phi) is 5.36. The second-order valence-corrected chi connectivity index (χ2v) is 10.7. The molecule has 31 heavy (non-hydrogen) atoms. The number of sulfone groups is 1. The van der Waals surface area contributed by atoms with Gasteiger partial charge in [0.05, 0.1) is 11.3 Å². The number of anilines is 1. The van der Waals surface area contributed by atoms with Gasteiger partial charge in [0.25, 0.3) is 5.91 Å². The molecule has 162 valence electrons. The molecule has 2 aromatic rings. The number of halogens is 1. The maximum Gasteiger partial charge on any atom is 0.274 e. The summed E-state index contributed by atoms with van der Waals surface area (Å²) in [6.45, 7) is 6.05. The third-order valence-electron chi connectivity index (χ3n) is 5.46. The molecule has 1 aliphatic rings. The SMILES string of the molecule is Cc1cc(C#N)cnc1C(=O)Nc1ccc(F)c([C@]2(C)CS(=O)(=O)C(C)(C)C(N)=N2)c1. The number of carbonyl (C=O) groups is 1. The van der Waals surface area contributed by atoms with Crippen LogP contribution >= 0.6 is 0 Å². The molecule has 8 nitrogen and oxygen atoms in total. The van der Waals surface area contributed by atoms with Gasteiger partial charge in [0.1, 0.15) is 33.7 Å². The minimum Gasteiger partial charge on any atom is -0.386 e. The molecule has 2 heterocycles. The van der Waals surface area contributed by atoms with Gasteiger partial charge < -0.3 is 11.1 Å². The molecule has 1 aliphatic heterocycles. The van der Waals surface area contributed by atoms with Crippen LogP contribution in [0, 0.1) is 24.1 Å². The van der Waals surface area contributed by atoms with Gasteiger partial charge in [-0.15, -0.1) is 0 Å². The third-order valence-corrected chi connectivity index (χ3v) is 8.17. The average Bonchev–Trinajstić information content (AvgIpc) is 2.67. The van der Waals surface area contributed by atoms with Gasteiger partial charge in [0.15, 0.2) is 9.84 Å². The Morgan fingerprint density at radius 1 is 1.29 bits per heavy atom. The fourth-order valence-electron chi connectivity index (χ4n) is 3.36. The van der Waals surface area contributed by atoms with Crippen molar-refractivity contribution in [3.63, 3.8) is 0 Å². The standard InChI is InChI=1S/C21H22FN5O3S/c1-12-7-13(9-23)10-25-17(12)18(28)26-14-5-6-16(22)15(8-14)21(4)11-31(29,30)20(2,3)19(24)27-21/h5-8,10H,11H2,1-4H3,(H2,24,27)(H,26,28)/t21-/m0/s1. The predicted molar refractivity (Wildman–Crippen MR) is 115 cm³/mol. The summed E-state index contributed by atoms with van der Waals surface area (Å²) in [4.78, 5) is 21.0. The van der Waals surface area contributed by atoms with Crippen molar-refractivity contribution in [2.75, 3.05) is 11.1 Å². The van der Waals surface area contributed by atoms with E-state index in [2.05, 4.69) is 15.3 Å². The molecule has 3 N–H and O–H groups in total. The number of rotatable bonds is 3. The van der Waals surface area contributed by atoms with Gasteiger partial charge in [0.2, 0.25) is 0 Å². The fourth-order valence-corrected chi connectivity index (χ4v) is 5.05. The van der Waals surface area contributed by atoms with E-state index in [0.29, 0.717) is 11.1 Å². The van der Waals surface area contributed by atoms with E-state index in [1.54, 1.807) is 6.92 Å². The summed E-state index contributed by atoms with van der Waals surface area (Å²) >= 11 is 0. The number of nitriles is 1. The van der Waals surface area contributed by atoms with Crippen molar-refractivity contribution in [3.05, 3.63) is 58.7 Å². The quantitative estimate of drug-likeness (QED) is 0.747. The minimum atomic E-state index is -3.72. The highest BCUT2D eigenvalue weighted by Gasteiger charge is 2.49. The summed E-state index contributed by atoms with van der Waals surface area (Å²) in [5, 5.41) is 11.6. The highest BCUT2D eigenvalue weighted by atomic mass is 32.2. The lowest BCUT2D eigenvalue weighted by atomic mass is 9.92. The number of hydrogen-bond acceptors (Lipinski definition) is 7. The summed E-state index contributed by atoms with van der Waals surface area (Å²) in [5.74, 6) is -1.75. The Balaban J connectivity index is 1.99. The van der Waals surface area contributed by atoms with Crippen molar-refractivity contribution in [1.82, 2.24) is 4.98 Å². The zero-order valence-corrected chi connectivity index (χ0v) is 18.3. The van der Waals surface area contributed by atoms with Crippen LogP contribution in [0.25, 0.3) is 0 Å². The average molecular weight is 444 g/mol. The molecule has 0 fully saturated rings. The van der Waals surface area contributed by atoms with E-state index in [4.69, 9.17) is 11.0 Å². The summed E-state index contributed by atoms with van der Waals surface area (Å²) in [6, 6.07) is 7.31. The molecule has 0 radical (unpaired) electrons. The first-order chi connectivity index (χ1) is 14.3. The van der Waals surface area contributed by atoms with Crippen molar-refractivity contribution in [2.24, 2.45) is 10.7 Å². The molecular weight excluding hydrogens is 421 g/mol. The van der Waals surface area contributed by atoms with E-state index >= 15 is 0 Å². The van der Waals surface area contributed by atoms with E-state index < -0.39 is 37.6 Å². The topological polar surface area (TPSA) is 138 Å². The lowest BCUT2D eigenvalue weighted by Gasteiger charge is -2.38. The first-order valence-corrected chi connectivity index (χ1v) is 11.0. The first-order valence-electron chi connectivity index (χ1n) is 9.37. The van der Waals surface area contributed by atoms with E-state index in [1.807, 2.05) is 6.07 Å². The number of hydrogen-bond donors (Lipinski definition) is 2. The highest BCUT2D eigenvalue weighted by molar-refractivity contribution is 7.93. The Labute approximate surface area is 179 Å². The van der Waals surface area contributed by atoms with Gasteiger partial charge in [-0.2, -0.15) is 5.26 Å². The van der Waals surface area contributed by atoms with Crippen LogP contribution in [-0.2, 0) is 15.4 Å². The van der Waals surface area contributed by atoms with E-state index in [1.165, 1.54) is 45.2 Å². The number of nitrogens with one attached hydrogen (secondary N) is 1. The number of amides is 1. The Bertz CT molecular complexity index is 1260. The number of amidine groups is 1. The molecule has 0 saturated carbocycles. The summed E-state index contributed by atoms with van der Waals surface area (Å²) in [7, 11) is -3.72. The monoisotopic (exact) mass is 443 g/mol. The molecule has 1 atom stereocenters. The van der Waals surface area contributed by atoms with Crippen molar-refractivity contribution >= 4 is 27.3 Å². The van der Waals surface area contributed by atoms with Crippen molar-refractivity contribution in [3.8, 4) is 6.07 Å². The number of benzene rings is 1. The van der Waals surface area contributed by atoms with Crippen LogP contribution in [0.2, 0.25) is 0 Å². The van der Waals surface area contributed by atoms with E-state index in [9.17, 15) is 17.6 Å². The normalized spacial score (nSPS) is 21.6. The highest BCUT2D eigenvalue weighted by Crippen LogP contribution is 2.38. The smallest absolute Gasteiger partial charge is 0.274 e. The lowest BCUT2D eigenvalue weighted by Crippen LogP contribution is -2.55. The molecule has 1 amide bonds. The summed E-state index contributed by atoms with van der Waals surface area (Å²) in [6.07, 6.45) is 1.28. The van der Waals surface area contributed by atoms with E-state index in [0.717, 1.165) is 6.07 Å². The number of pyridine rings is 1. The first kappa shape index (κ1) is 22.4. The van der Waals surface area contributed by atoms with Crippen molar-refractivity contribution in [2.45, 2.75) is 38.0 Å². The zero-order valence-electron chi connectivity index (χ0n) is 17.5. The lowest BCUT2D eigenvalue weighted by molar-refractivity contribution is 0.102. The maximum absolute atomic E-state index is 14.7. The number of aryl methyl sites for hydroxylation is 1. The molecule has 0 aliphatic carbocycles. The second-order valence-electron chi connectivity index (χ2n) is 8.19. The third kappa shape index (κ3) is 3.88. The molecule has 1 aromatic carbocycles. The summed E-state index contributed by atoms with van der Waals surface area (Å²) in [5.41, 5.74) is 5.66. The fraction of sp³-hybridized carbons (Fsp3) is 0.333. The largest absolute Gasteiger partial charge is 0.386 e. The Hall–Kier alpha value is -3.32.